The molecule has 96 valence electrons. The van der Waals surface area contributed by atoms with Crippen molar-refractivity contribution in [1.29, 1.82) is 0 Å². The van der Waals surface area contributed by atoms with Crippen LogP contribution in [0, 0.1) is 6.92 Å². The fourth-order valence-corrected chi connectivity index (χ4v) is 3.13. The molecule has 18 heavy (non-hydrogen) atoms. The number of aromatic nitrogens is 1. The van der Waals surface area contributed by atoms with Crippen LogP contribution in [-0.2, 0) is 6.18 Å². The zero-order chi connectivity index (χ0) is 13.5. The molecule has 0 amide bonds. The lowest BCUT2D eigenvalue weighted by atomic mass is 10.3. The molecule has 0 bridgehead atoms. The third-order valence-electron chi connectivity index (χ3n) is 2.25. The Morgan fingerprint density at radius 3 is 2.67 bits per heavy atom. The molecule has 0 spiro atoms. The van der Waals surface area contributed by atoms with Crippen molar-refractivity contribution in [3.05, 3.63) is 33.7 Å². The Labute approximate surface area is 102 Å². The number of rotatable bonds is 2. The lowest BCUT2D eigenvalue weighted by Crippen LogP contribution is -2.21. The lowest BCUT2D eigenvalue weighted by Gasteiger charge is -2.00. The van der Waals surface area contributed by atoms with Gasteiger partial charge in [0.1, 0.15) is 11.3 Å². The topological polar surface area (TPSA) is 66.2 Å². The van der Waals surface area contributed by atoms with E-state index in [-0.39, 0.29) is 15.5 Å². The van der Waals surface area contributed by atoms with Crippen molar-refractivity contribution in [2.24, 2.45) is 0 Å². The fourth-order valence-electron chi connectivity index (χ4n) is 1.47. The Bertz CT molecular complexity index is 600. The summed E-state index contributed by atoms with van der Waals surface area (Å²) >= 11 is 0. The smallest absolute Gasteiger partial charge is 0.452 e. The highest BCUT2D eigenvalue weighted by Gasteiger charge is 2.41. The monoisotopic (exact) mass is 277 g/mol. The van der Waals surface area contributed by atoms with Gasteiger partial charge >= 0.3 is 11.2 Å². The lowest BCUT2D eigenvalue weighted by molar-refractivity contribution is -0.254. The maximum atomic E-state index is 12.5. The zero-order valence-corrected chi connectivity index (χ0v) is 9.76. The highest BCUT2D eigenvalue weighted by atomic mass is 32.2. The summed E-state index contributed by atoms with van der Waals surface area (Å²) in [4.78, 5) is 10.7. The second kappa shape index (κ2) is 4.13. The van der Waals surface area contributed by atoms with Crippen LogP contribution in [0.1, 0.15) is 21.0 Å². The summed E-state index contributed by atoms with van der Waals surface area (Å²) in [7, 11) is -1.17. The number of hydrogen-bond donors (Lipinski definition) is 0. The molecule has 0 saturated carbocycles. The number of thiophene rings is 1. The SMILES string of the molecule is Cc1c(-[s+]2cccc2C(=O)[O-])noc1C(F)(F)F. The molecule has 0 aromatic carbocycles. The molecule has 1 atom stereocenters. The van der Waals surface area contributed by atoms with Crippen LogP contribution >= 0.6 is 10.5 Å². The van der Waals surface area contributed by atoms with Gasteiger partial charge in [-0.1, -0.05) is 0 Å². The van der Waals surface area contributed by atoms with Gasteiger partial charge in [0, 0.05) is 16.5 Å². The first-order chi connectivity index (χ1) is 8.32. The molecule has 0 N–H and O–H groups in total. The van der Waals surface area contributed by atoms with Gasteiger partial charge in [0.25, 0.3) is 0 Å². The molecule has 4 nitrogen and oxygen atoms in total. The maximum Gasteiger partial charge on any atom is 0.452 e. The van der Waals surface area contributed by atoms with Crippen molar-refractivity contribution in [2.45, 2.75) is 13.1 Å². The third kappa shape index (κ3) is 1.99. The van der Waals surface area contributed by atoms with E-state index in [1.807, 2.05) is 0 Å². The van der Waals surface area contributed by atoms with Gasteiger partial charge in [-0.3, -0.25) is 0 Å². The zero-order valence-electron chi connectivity index (χ0n) is 8.95. The highest BCUT2D eigenvalue weighted by molar-refractivity contribution is 7.39. The predicted octanol–water partition coefficient (Wildman–Crippen LogP) is 2.10. The molecule has 2 aromatic heterocycles. The molecule has 0 radical (unpaired) electrons. The number of hydrogen-bond acceptors (Lipinski definition) is 4. The Morgan fingerprint density at radius 1 is 1.50 bits per heavy atom. The van der Waals surface area contributed by atoms with E-state index in [2.05, 4.69) is 9.68 Å². The van der Waals surface area contributed by atoms with Crippen molar-refractivity contribution in [3.8, 4) is 5.03 Å². The largest absolute Gasteiger partial charge is 0.540 e. The van der Waals surface area contributed by atoms with Crippen molar-refractivity contribution >= 4 is 16.4 Å². The summed E-state index contributed by atoms with van der Waals surface area (Å²) < 4.78 is 41.8. The normalized spacial score (nSPS) is 12.8. The molecular formula is C10H6F3NO3S. The summed E-state index contributed by atoms with van der Waals surface area (Å²) in [6.07, 6.45) is -4.65. The number of carbonyl (C=O) groups is 1. The van der Waals surface area contributed by atoms with Gasteiger partial charge in [-0.2, -0.15) is 13.2 Å². The number of nitrogens with zero attached hydrogens (tertiary/aromatic N) is 1. The third-order valence-corrected chi connectivity index (χ3v) is 4.25. The number of carboxylic acids is 1. The first-order valence-electron chi connectivity index (χ1n) is 4.68. The van der Waals surface area contributed by atoms with Crippen molar-refractivity contribution in [1.82, 2.24) is 5.16 Å². The van der Waals surface area contributed by atoms with E-state index >= 15 is 0 Å². The summed E-state index contributed by atoms with van der Waals surface area (Å²) in [5, 5.41) is 15.6. The predicted molar refractivity (Wildman–Crippen MR) is 54.4 cm³/mol. The van der Waals surface area contributed by atoms with Crippen LogP contribution in [0.4, 0.5) is 13.2 Å². The molecule has 2 heterocycles. The first-order valence-corrected chi connectivity index (χ1v) is 5.97. The summed E-state index contributed by atoms with van der Waals surface area (Å²) in [5.74, 6) is -2.64. The van der Waals surface area contributed by atoms with Gasteiger partial charge < -0.3 is 14.4 Å². The number of alkyl halides is 3. The number of halogens is 3. The standard InChI is InChI=1S/C10H6F3NO3S/c1-5-7(10(11,12)13)17-14-8(5)18-4-2-3-6(18)9(15)16/h2-4H,1H3. The Kier molecular flexibility index (Phi) is 2.89. The van der Waals surface area contributed by atoms with Crippen LogP contribution in [0.15, 0.2) is 22.0 Å². The minimum atomic E-state index is -4.65. The number of carboxylic acid groups (broad SMARTS) is 1. The molecule has 0 fully saturated rings. The summed E-state index contributed by atoms with van der Waals surface area (Å²) in [6, 6.07) is 2.72. The second-order valence-electron chi connectivity index (χ2n) is 3.42. The summed E-state index contributed by atoms with van der Waals surface area (Å²) in [5.41, 5.74) is -0.204. The Hall–Kier alpha value is -1.83. The second-order valence-corrected chi connectivity index (χ2v) is 5.20. The van der Waals surface area contributed by atoms with Gasteiger partial charge in [0.05, 0.1) is 5.56 Å². The number of aromatic carboxylic acids is 1. The van der Waals surface area contributed by atoms with E-state index in [1.54, 1.807) is 0 Å². The van der Waals surface area contributed by atoms with E-state index in [4.69, 9.17) is 0 Å². The van der Waals surface area contributed by atoms with E-state index in [0.717, 1.165) is 0 Å². The van der Waals surface area contributed by atoms with E-state index in [0.29, 0.717) is 0 Å². The molecule has 0 aliphatic heterocycles. The quantitative estimate of drug-likeness (QED) is 0.788. The minimum Gasteiger partial charge on any atom is -0.540 e. The van der Waals surface area contributed by atoms with Crippen molar-refractivity contribution < 1.29 is 27.6 Å². The highest BCUT2D eigenvalue weighted by Crippen LogP contribution is 2.41. The van der Waals surface area contributed by atoms with Gasteiger partial charge in [0.2, 0.25) is 10.6 Å². The Balaban J connectivity index is 2.56. The average molecular weight is 277 g/mol. The Morgan fingerprint density at radius 2 is 2.17 bits per heavy atom. The first kappa shape index (κ1) is 12.6. The van der Waals surface area contributed by atoms with E-state index < -0.39 is 28.4 Å². The maximum absolute atomic E-state index is 12.5. The number of carbonyl (C=O) groups excluding carboxylic acids is 1. The van der Waals surface area contributed by atoms with Crippen LogP contribution in [-0.4, -0.2) is 11.1 Å². The average Bonchev–Trinajstić information content (AvgIpc) is 2.81. The van der Waals surface area contributed by atoms with E-state index in [1.165, 1.54) is 24.4 Å². The van der Waals surface area contributed by atoms with Gasteiger partial charge in [-0.05, 0) is 18.1 Å². The van der Waals surface area contributed by atoms with Crippen LogP contribution in [0.5, 0.6) is 0 Å². The fraction of sp³-hybridized carbons (Fsp3) is 0.200. The molecule has 2 rings (SSSR count). The van der Waals surface area contributed by atoms with Crippen LogP contribution < -0.4 is 5.11 Å². The van der Waals surface area contributed by atoms with Crippen molar-refractivity contribution in [3.63, 3.8) is 0 Å². The molecule has 0 saturated heterocycles. The van der Waals surface area contributed by atoms with Crippen molar-refractivity contribution in [2.75, 3.05) is 0 Å². The molecular weight excluding hydrogens is 271 g/mol. The molecule has 2 aromatic rings. The van der Waals surface area contributed by atoms with Gasteiger partial charge in [-0.15, -0.1) is 0 Å². The molecule has 1 unspecified atom stereocenters. The minimum absolute atomic E-state index is 0.0356. The summed E-state index contributed by atoms with van der Waals surface area (Å²) in [6.45, 7) is 1.20. The van der Waals surface area contributed by atoms with Crippen LogP contribution in [0.2, 0.25) is 0 Å². The molecule has 0 aliphatic rings. The molecule has 8 heteroatoms. The van der Waals surface area contributed by atoms with Gasteiger partial charge in [-0.25, -0.2) is 0 Å². The molecule has 0 aliphatic carbocycles. The van der Waals surface area contributed by atoms with Crippen LogP contribution in [0.3, 0.4) is 0 Å². The van der Waals surface area contributed by atoms with Gasteiger partial charge in [0.15, 0.2) is 0 Å². The van der Waals surface area contributed by atoms with E-state index in [9.17, 15) is 23.1 Å². The van der Waals surface area contributed by atoms with Crippen LogP contribution in [0.25, 0.3) is 5.03 Å².